The van der Waals surface area contributed by atoms with Gasteiger partial charge in [0.15, 0.2) is 11.6 Å². The van der Waals surface area contributed by atoms with Gasteiger partial charge in [0.2, 0.25) is 5.91 Å². The largest absolute Gasteiger partial charge is 0.494 e. The standard InChI is InChI=1S/C15H20FN3O3/c1-22-13-7-6-9(8-11(13)16)18-15(21)19-12-5-3-2-4-10(12)14(17)20/h6-8,10,12H,2-5H2,1H3,(H2,17,20)(H2,18,19,21)/t10-,12-/m0/s1. The number of rotatable bonds is 4. The highest BCUT2D eigenvalue weighted by atomic mass is 19.1. The van der Waals surface area contributed by atoms with E-state index in [0.717, 1.165) is 12.8 Å². The zero-order valence-corrected chi connectivity index (χ0v) is 12.4. The Morgan fingerprint density at radius 3 is 2.68 bits per heavy atom. The van der Waals surface area contributed by atoms with Gasteiger partial charge in [-0.05, 0) is 25.0 Å². The number of carbonyl (C=O) groups is 2. The molecule has 2 rings (SSSR count). The summed E-state index contributed by atoms with van der Waals surface area (Å²) in [4.78, 5) is 23.4. The third-order valence-corrected chi connectivity index (χ3v) is 3.86. The van der Waals surface area contributed by atoms with Crippen LogP contribution in [-0.2, 0) is 4.79 Å². The topological polar surface area (TPSA) is 93.4 Å². The number of ether oxygens (including phenoxy) is 1. The van der Waals surface area contributed by atoms with Crippen molar-refractivity contribution in [2.24, 2.45) is 11.7 Å². The molecule has 1 aliphatic carbocycles. The van der Waals surface area contributed by atoms with Crippen molar-refractivity contribution in [2.45, 2.75) is 31.7 Å². The zero-order valence-electron chi connectivity index (χ0n) is 12.4. The van der Waals surface area contributed by atoms with E-state index >= 15 is 0 Å². The van der Waals surface area contributed by atoms with Crippen molar-refractivity contribution >= 4 is 17.6 Å². The number of carbonyl (C=O) groups excluding carboxylic acids is 2. The van der Waals surface area contributed by atoms with Gasteiger partial charge in [0, 0.05) is 17.8 Å². The molecule has 0 unspecified atom stereocenters. The number of anilines is 1. The Morgan fingerprint density at radius 1 is 1.32 bits per heavy atom. The lowest BCUT2D eigenvalue weighted by Gasteiger charge is -2.29. The number of methoxy groups -OCH3 is 1. The van der Waals surface area contributed by atoms with Crippen LogP contribution in [0.15, 0.2) is 18.2 Å². The molecule has 4 N–H and O–H groups in total. The van der Waals surface area contributed by atoms with E-state index in [2.05, 4.69) is 10.6 Å². The Balaban J connectivity index is 1.97. The molecule has 0 aromatic heterocycles. The second kappa shape index (κ2) is 7.11. The predicted octanol–water partition coefficient (Wildman–Crippen LogP) is 2.00. The quantitative estimate of drug-likeness (QED) is 0.794. The molecule has 3 amide bonds. The molecular weight excluding hydrogens is 289 g/mol. The minimum atomic E-state index is -0.562. The third-order valence-electron chi connectivity index (χ3n) is 3.86. The number of nitrogens with one attached hydrogen (secondary N) is 2. The molecule has 0 radical (unpaired) electrons. The van der Waals surface area contributed by atoms with E-state index in [9.17, 15) is 14.0 Å². The monoisotopic (exact) mass is 309 g/mol. The van der Waals surface area contributed by atoms with Crippen LogP contribution < -0.4 is 21.1 Å². The number of primary amides is 1. The summed E-state index contributed by atoms with van der Waals surface area (Å²) < 4.78 is 18.4. The lowest BCUT2D eigenvalue weighted by molar-refractivity contribution is -0.123. The number of nitrogens with two attached hydrogens (primary N) is 1. The summed E-state index contributed by atoms with van der Waals surface area (Å²) in [6.45, 7) is 0. The molecule has 1 aromatic rings. The van der Waals surface area contributed by atoms with Gasteiger partial charge in [0.1, 0.15) is 0 Å². The fraction of sp³-hybridized carbons (Fsp3) is 0.467. The molecule has 1 aliphatic rings. The highest BCUT2D eigenvalue weighted by molar-refractivity contribution is 5.90. The number of hydrogen-bond acceptors (Lipinski definition) is 3. The summed E-state index contributed by atoms with van der Waals surface area (Å²) in [5, 5.41) is 5.29. The molecule has 7 heteroatoms. The van der Waals surface area contributed by atoms with E-state index in [4.69, 9.17) is 10.5 Å². The van der Waals surface area contributed by atoms with Gasteiger partial charge in [0.25, 0.3) is 0 Å². The fourth-order valence-corrected chi connectivity index (χ4v) is 2.72. The predicted molar refractivity (Wildman–Crippen MR) is 80.0 cm³/mol. The van der Waals surface area contributed by atoms with Crippen LogP contribution in [0.1, 0.15) is 25.7 Å². The summed E-state index contributed by atoms with van der Waals surface area (Å²) in [5.41, 5.74) is 5.67. The second-order valence-corrected chi connectivity index (χ2v) is 5.35. The summed E-state index contributed by atoms with van der Waals surface area (Å²) in [6, 6.07) is 3.37. The van der Waals surface area contributed by atoms with Gasteiger partial charge in [0.05, 0.1) is 13.0 Å². The first-order valence-corrected chi connectivity index (χ1v) is 7.21. The molecule has 1 fully saturated rings. The van der Waals surface area contributed by atoms with Gasteiger partial charge in [-0.25, -0.2) is 9.18 Å². The van der Waals surface area contributed by atoms with Gasteiger partial charge in [-0.2, -0.15) is 0 Å². The van der Waals surface area contributed by atoms with Gasteiger partial charge in [-0.15, -0.1) is 0 Å². The van der Waals surface area contributed by atoms with Crippen molar-refractivity contribution in [3.63, 3.8) is 0 Å². The van der Waals surface area contributed by atoms with Crippen LogP contribution in [0.2, 0.25) is 0 Å². The van der Waals surface area contributed by atoms with Crippen LogP contribution in [-0.4, -0.2) is 25.1 Å². The molecule has 22 heavy (non-hydrogen) atoms. The van der Waals surface area contributed by atoms with Crippen LogP contribution in [0.5, 0.6) is 5.75 Å². The van der Waals surface area contributed by atoms with Crippen LogP contribution in [0.3, 0.4) is 0 Å². The SMILES string of the molecule is COc1ccc(NC(=O)N[C@H]2CCCC[C@@H]2C(N)=O)cc1F. The first kappa shape index (κ1) is 16.1. The van der Waals surface area contributed by atoms with Gasteiger partial charge in [-0.3, -0.25) is 4.79 Å². The third kappa shape index (κ3) is 3.87. The molecule has 6 nitrogen and oxygen atoms in total. The molecule has 0 bridgehead atoms. The molecule has 0 spiro atoms. The minimum Gasteiger partial charge on any atom is -0.494 e. The number of halogens is 1. The Hall–Kier alpha value is -2.31. The maximum absolute atomic E-state index is 13.6. The highest BCUT2D eigenvalue weighted by Crippen LogP contribution is 2.24. The van der Waals surface area contributed by atoms with Crippen molar-refractivity contribution in [2.75, 3.05) is 12.4 Å². The minimum absolute atomic E-state index is 0.104. The summed E-state index contributed by atoms with van der Waals surface area (Å²) in [6.07, 6.45) is 3.25. The molecule has 0 heterocycles. The number of amides is 3. The van der Waals surface area contributed by atoms with E-state index < -0.39 is 17.8 Å². The van der Waals surface area contributed by atoms with Crippen molar-refractivity contribution in [3.05, 3.63) is 24.0 Å². The maximum Gasteiger partial charge on any atom is 0.319 e. The van der Waals surface area contributed by atoms with Crippen LogP contribution in [0.4, 0.5) is 14.9 Å². The van der Waals surface area contributed by atoms with Crippen LogP contribution in [0.25, 0.3) is 0 Å². The summed E-state index contributed by atoms with van der Waals surface area (Å²) in [7, 11) is 1.37. The average Bonchev–Trinajstić information content (AvgIpc) is 2.47. The fourth-order valence-electron chi connectivity index (χ4n) is 2.72. The van der Waals surface area contributed by atoms with Crippen molar-refractivity contribution in [1.29, 1.82) is 0 Å². The van der Waals surface area contributed by atoms with Gasteiger partial charge < -0.3 is 21.1 Å². The summed E-state index contributed by atoms with van der Waals surface area (Å²) in [5.74, 6) is -1.22. The molecule has 120 valence electrons. The van der Waals surface area contributed by atoms with Gasteiger partial charge in [-0.1, -0.05) is 12.8 Å². The summed E-state index contributed by atoms with van der Waals surface area (Å²) >= 11 is 0. The highest BCUT2D eigenvalue weighted by Gasteiger charge is 2.30. The number of hydrogen-bond donors (Lipinski definition) is 3. The molecule has 0 aliphatic heterocycles. The molecule has 1 aromatic carbocycles. The van der Waals surface area contributed by atoms with Crippen LogP contribution >= 0.6 is 0 Å². The lowest BCUT2D eigenvalue weighted by Crippen LogP contribution is -2.48. The Labute approximate surface area is 128 Å². The Morgan fingerprint density at radius 2 is 2.05 bits per heavy atom. The van der Waals surface area contributed by atoms with E-state index in [1.54, 1.807) is 0 Å². The zero-order chi connectivity index (χ0) is 16.1. The number of urea groups is 1. The normalized spacial score (nSPS) is 21.0. The van der Waals surface area contributed by atoms with E-state index in [1.165, 1.54) is 25.3 Å². The number of benzene rings is 1. The van der Waals surface area contributed by atoms with E-state index in [0.29, 0.717) is 18.5 Å². The molecule has 0 saturated heterocycles. The van der Waals surface area contributed by atoms with E-state index in [-0.39, 0.29) is 17.7 Å². The first-order chi connectivity index (χ1) is 10.5. The molecule has 1 saturated carbocycles. The van der Waals surface area contributed by atoms with Crippen molar-refractivity contribution < 1.29 is 18.7 Å². The second-order valence-electron chi connectivity index (χ2n) is 5.35. The van der Waals surface area contributed by atoms with Crippen molar-refractivity contribution in [3.8, 4) is 5.75 Å². The maximum atomic E-state index is 13.6. The lowest BCUT2D eigenvalue weighted by atomic mass is 9.84. The average molecular weight is 309 g/mol. The van der Waals surface area contributed by atoms with Crippen LogP contribution in [0, 0.1) is 11.7 Å². The molecule has 2 atom stereocenters. The Kier molecular flexibility index (Phi) is 5.19. The first-order valence-electron chi connectivity index (χ1n) is 7.21. The smallest absolute Gasteiger partial charge is 0.319 e. The van der Waals surface area contributed by atoms with Gasteiger partial charge >= 0.3 is 6.03 Å². The molecular formula is C15H20FN3O3. The van der Waals surface area contributed by atoms with Crippen molar-refractivity contribution in [1.82, 2.24) is 5.32 Å². The Bertz CT molecular complexity index is 565. The van der Waals surface area contributed by atoms with E-state index in [1.807, 2.05) is 0 Å².